The summed E-state index contributed by atoms with van der Waals surface area (Å²) >= 11 is 0. The van der Waals surface area contributed by atoms with Crippen LogP contribution in [0.3, 0.4) is 0 Å². The molecule has 0 aliphatic heterocycles. The number of hydrogen-bond acceptors (Lipinski definition) is 4. The zero-order valence-electron chi connectivity index (χ0n) is 12.8. The highest BCUT2D eigenvalue weighted by molar-refractivity contribution is 5.61. The Morgan fingerprint density at radius 1 is 0.810 bits per heavy atom. The van der Waals surface area contributed by atoms with Crippen molar-refractivity contribution >= 4 is 25.1 Å². The first kappa shape index (κ1) is 17.7. The summed E-state index contributed by atoms with van der Waals surface area (Å²) in [5.74, 6) is -0.310. The van der Waals surface area contributed by atoms with Gasteiger partial charge in [0.05, 0.1) is 0 Å². The molecule has 0 aromatic carbocycles. The number of carbonyl (C=O) groups is 4. The monoisotopic (exact) mass is 294 g/mol. The van der Waals surface area contributed by atoms with Gasteiger partial charge in [-0.2, -0.15) is 0 Å². The molecular weight excluding hydrogens is 268 g/mol. The zero-order chi connectivity index (χ0) is 15.7. The maximum Gasteiger partial charge on any atom is 0.125 e. The predicted octanol–water partition coefficient (Wildman–Crippen LogP) is 2.77. The quantitative estimate of drug-likeness (QED) is 0.748. The number of carbonyl (C=O) groups excluding carboxylic acids is 4. The van der Waals surface area contributed by atoms with Gasteiger partial charge in [0.1, 0.15) is 25.1 Å². The lowest BCUT2D eigenvalue weighted by Gasteiger charge is -2.28. The van der Waals surface area contributed by atoms with Gasteiger partial charge in [-0.1, -0.05) is 19.8 Å². The molecule has 0 amide bonds. The van der Waals surface area contributed by atoms with E-state index in [4.69, 9.17) is 0 Å². The van der Waals surface area contributed by atoms with Gasteiger partial charge in [0.25, 0.3) is 0 Å². The van der Waals surface area contributed by atoms with Crippen LogP contribution < -0.4 is 0 Å². The smallest absolute Gasteiger partial charge is 0.125 e. The van der Waals surface area contributed by atoms with E-state index in [1.54, 1.807) is 0 Å². The molecule has 1 saturated carbocycles. The second-order valence-electron chi connectivity index (χ2n) is 6.72. The van der Waals surface area contributed by atoms with E-state index in [-0.39, 0.29) is 17.8 Å². The Kier molecular flexibility index (Phi) is 7.48. The lowest BCUT2D eigenvalue weighted by Crippen LogP contribution is -2.24. The minimum absolute atomic E-state index is 0.0932. The first-order valence-corrected chi connectivity index (χ1v) is 7.89. The Hall–Kier alpha value is -1.32. The summed E-state index contributed by atoms with van der Waals surface area (Å²) < 4.78 is 0. The van der Waals surface area contributed by atoms with Gasteiger partial charge in [-0.05, 0) is 38.5 Å². The topological polar surface area (TPSA) is 68.3 Å². The molecular formula is C17H26O4. The number of hydrogen-bond donors (Lipinski definition) is 0. The van der Waals surface area contributed by atoms with Crippen molar-refractivity contribution in [2.24, 2.45) is 23.2 Å². The summed E-state index contributed by atoms with van der Waals surface area (Å²) in [5, 5.41) is 0. The molecule has 1 aliphatic carbocycles. The zero-order valence-corrected chi connectivity index (χ0v) is 12.8. The fraction of sp³-hybridized carbons (Fsp3) is 0.765. The number of aldehydes is 4. The second-order valence-corrected chi connectivity index (χ2v) is 6.72. The van der Waals surface area contributed by atoms with E-state index in [1.807, 2.05) is 6.92 Å². The third-order valence-corrected chi connectivity index (χ3v) is 4.67. The molecule has 1 rings (SSSR count). The van der Waals surface area contributed by atoms with Crippen LogP contribution in [0.5, 0.6) is 0 Å². The third kappa shape index (κ3) is 5.90. The molecule has 0 heterocycles. The van der Waals surface area contributed by atoms with Crippen LogP contribution >= 0.6 is 0 Å². The van der Waals surface area contributed by atoms with Crippen molar-refractivity contribution in [3.05, 3.63) is 0 Å². The van der Waals surface area contributed by atoms with Crippen molar-refractivity contribution in [2.75, 3.05) is 0 Å². The van der Waals surface area contributed by atoms with Gasteiger partial charge in [0, 0.05) is 23.2 Å². The summed E-state index contributed by atoms with van der Waals surface area (Å²) in [6, 6.07) is 0. The molecule has 0 radical (unpaired) electrons. The third-order valence-electron chi connectivity index (χ3n) is 4.67. The van der Waals surface area contributed by atoms with Crippen molar-refractivity contribution in [1.29, 1.82) is 0 Å². The molecule has 1 fully saturated rings. The SMILES string of the molecule is CC1(C=O)CCCC(C=O)CC(C=O)CCCC(C=O)C1. The Labute approximate surface area is 126 Å². The van der Waals surface area contributed by atoms with Gasteiger partial charge in [-0.25, -0.2) is 0 Å². The van der Waals surface area contributed by atoms with Crippen molar-refractivity contribution < 1.29 is 19.2 Å². The van der Waals surface area contributed by atoms with Crippen LogP contribution in [0.1, 0.15) is 58.3 Å². The van der Waals surface area contributed by atoms with Gasteiger partial charge in [-0.3, -0.25) is 0 Å². The maximum atomic E-state index is 11.4. The summed E-state index contributed by atoms with van der Waals surface area (Å²) in [6.45, 7) is 1.90. The molecule has 0 saturated heterocycles. The van der Waals surface area contributed by atoms with E-state index < -0.39 is 5.41 Å². The van der Waals surface area contributed by atoms with E-state index in [9.17, 15) is 19.2 Å². The summed E-state index contributed by atoms with van der Waals surface area (Å²) in [6.07, 6.45) is 9.33. The molecule has 0 spiro atoms. The standard InChI is InChI=1S/C17H26O4/c1-17(13-21)7-3-6-15(11-19)8-14(10-18)4-2-5-16(9-17)12-20/h10-16H,2-9H2,1H3. The van der Waals surface area contributed by atoms with Crippen molar-refractivity contribution in [3.8, 4) is 0 Å². The highest BCUT2D eigenvalue weighted by atomic mass is 16.1. The fourth-order valence-electron chi connectivity index (χ4n) is 3.31. The van der Waals surface area contributed by atoms with Crippen LogP contribution in [0.2, 0.25) is 0 Å². The summed E-state index contributed by atoms with van der Waals surface area (Å²) in [4.78, 5) is 44.8. The van der Waals surface area contributed by atoms with Gasteiger partial charge < -0.3 is 19.2 Å². The Morgan fingerprint density at radius 2 is 1.33 bits per heavy atom. The average molecular weight is 294 g/mol. The first-order valence-electron chi connectivity index (χ1n) is 7.89. The highest BCUT2D eigenvalue weighted by Gasteiger charge is 2.29. The van der Waals surface area contributed by atoms with Crippen LogP contribution in [0.25, 0.3) is 0 Å². The molecule has 4 unspecified atom stereocenters. The van der Waals surface area contributed by atoms with Crippen LogP contribution in [0.15, 0.2) is 0 Å². The number of rotatable bonds is 4. The fourth-order valence-corrected chi connectivity index (χ4v) is 3.31. The van der Waals surface area contributed by atoms with Gasteiger partial charge in [-0.15, -0.1) is 0 Å². The predicted molar refractivity (Wildman–Crippen MR) is 79.8 cm³/mol. The first-order chi connectivity index (χ1) is 10.1. The lowest BCUT2D eigenvalue weighted by atomic mass is 9.75. The molecule has 0 bridgehead atoms. The van der Waals surface area contributed by atoms with Crippen molar-refractivity contribution in [2.45, 2.75) is 58.3 Å². The van der Waals surface area contributed by atoms with Crippen LogP contribution in [-0.2, 0) is 19.2 Å². The molecule has 4 atom stereocenters. The van der Waals surface area contributed by atoms with Crippen molar-refractivity contribution in [1.82, 2.24) is 0 Å². The van der Waals surface area contributed by atoms with Gasteiger partial charge in [0.15, 0.2) is 0 Å². The normalized spacial score (nSPS) is 35.8. The minimum Gasteiger partial charge on any atom is -0.303 e. The van der Waals surface area contributed by atoms with Crippen molar-refractivity contribution in [3.63, 3.8) is 0 Å². The Bertz CT molecular complexity index is 366. The highest BCUT2D eigenvalue weighted by Crippen LogP contribution is 2.33. The van der Waals surface area contributed by atoms with E-state index in [2.05, 4.69) is 0 Å². The minimum atomic E-state index is -0.484. The van der Waals surface area contributed by atoms with E-state index in [0.717, 1.165) is 44.4 Å². The average Bonchev–Trinajstić information content (AvgIpc) is 2.50. The molecule has 21 heavy (non-hydrogen) atoms. The van der Waals surface area contributed by atoms with Gasteiger partial charge >= 0.3 is 0 Å². The molecule has 4 nitrogen and oxygen atoms in total. The lowest BCUT2D eigenvalue weighted by molar-refractivity contribution is -0.118. The largest absolute Gasteiger partial charge is 0.303 e. The van der Waals surface area contributed by atoms with Crippen LogP contribution in [0.4, 0.5) is 0 Å². The van der Waals surface area contributed by atoms with Crippen LogP contribution in [0, 0.1) is 23.2 Å². The molecule has 118 valence electrons. The Balaban J connectivity index is 2.79. The Morgan fingerprint density at radius 3 is 1.86 bits per heavy atom. The second kappa shape index (κ2) is 8.85. The molecule has 1 aliphatic rings. The van der Waals surface area contributed by atoms with E-state index in [1.165, 1.54) is 0 Å². The van der Waals surface area contributed by atoms with Crippen LogP contribution in [-0.4, -0.2) is 25.1 Å². The molecule has 0 N–H and O–H groups in total. The molecule has 0 aromatic rings. The van der Waals surface area contributed by atoms with E-state index in [0.29, 0.717) is 32.1 Å². The van der Waals surface area contributed by atoms with Gasteiger partial charge in [0.2, 0.25) is 0 Å². The molecule has 0 aromatic heterocycles. The maximum absolute atomic E-state index is 11.4. The molecule has 4 heteroatoms. The summed E-state index contributed by atoms with van der Waals surface area (Å²) in [5.41, 5.74) is -0.484. The van der Waals surface area contributed by atoms with E-state index >= 15 is 0 Å². The summed E-state index contributed by atoms with van der Waals surface area (Å²) in [7, 11) is 0.